The first kappa shape index (κ1) is 15.8. The zero-order valence-corrected chi connectivity index (χ0v) is 15.1. The van der Waals surface area contributed by atoms with Crippen LogP contribution in [0, 0.1) is 0 Å². The molecule has 0 bridgehead atoms. The average Bonchev–Trinajstić information content (AvgIpc) is 2.68. The van der Waals surface area contributed by atoms with Crippen LogP contribution in [0.2, 0.25) is 0 Å². The predicted octanol–water partition coefficient (Wildman–Crippen LogP) is 4.73. The van der Waals surface area contributed by atoms with Crippen molar-refractivity contribution in [2.75, 3.05) is 0 Å². The number of H-pyrrole nitrogens is 1. The molecule has 132 valence electrons. The van der Waals surface area contributed by atoms with E-state index in [1.54, 1.807) is 0 Å². The number of aromatic amines is 1. The van der Waals surface area contributed by atoms with E-state index in [0.29, 0.717) is 27.1 Å². The van der Waals surface area contributed by atoms with Gasteiger partial charge in [0.1, 0.15) is 0 Å². The minimum atomic E-state index is -0.0165. The third-order valence-corrected chi connectivity index (χ3v) is 5.25. The van der Waals surface area contributed by atoms with Gasteiger partial charge in [-0.05, 0) is 50.2 Å². The third kappa shape index (κ3) is 2.16. The number of pyridine rings is 2. The van der Waals surface area contributed by atoms with Crippen molar-refractivity contribution in [3.05, 3.63) is 81.1 Å². The van der Waals surface area contributed by atoms with E-state index >= 15 is 0 Å². The Bertz CT molecular complexity index is 1490. The minimum absolute atomic E-state index is 0.00610. The molecule has 0 radical (unpaired) electrons. The summed E-state index contributed by atoms with van der Waals surface area (Å²) in [6.45, 7) is 4.18. The molecule has 0 unspecified atom stereocenters. The summed E-state index contributed by atoms with van der Waals surface area (Å²) in [4.78, 5) is 29.5. The van der Waals surface area contributed by atoms with Gasteiger partial charge in [-0.3, -0.25) is 9.59 Å². The van der Waals surface area contributed by atoms with Crippen molar-refractivity contribution in [1.82, 2.24) is 9.55 Å². The summed E-state index contributed by atoms with van der Waals surface area (Å²) in [5, 5.41) is 2.58. The fraction of sp³-hybridized carbons (Fsp3) is 0.130. The molecule has 0 aliphatic heterocycles. The lowest BCUT2D eigenvalue weighted by Gasteiger charge is -2.19. The summed E-state index contributed by atoms with van der Waals surface area (Å²) in [5.41, 5.74) is 3.13. The predicted molar refractivity (Wildman–Crippen MR) is 112 cm³/mol. The summed E-state index contributed by atoms with van der Waals surface area (Å²) in [6.07, 6.45) is 0. The van der Waals surface area contributed by atoms with Crippen molar-refractivity contribution < 1.29 is 0 Å². The molecule has 0 fully saturated rings. The van der Waals surface area contributed by atoms with Crippen LogP contribution in [0.4, 0.5) is 0 Å². The van der Waals surface area contributed by atoms with Crippen LogP contribution < -0.4 is 10.9 Å². The van der Waals surface area contributed by atoms with E-state index in [2.05, 4.69) is 23.4 Å². The molecule has 4 heteroatoms. The lowest BCUT2D eigenvalue weighted by molar-refractivity contribution is 0.639. The van der Waals surface area contributed by atoms with Gasteiger partial charge >= 0.3 is 0 Å². The number of aromatic nitrogens is 2. The van der Waals surface area contributed by atoms with Gasteiger partial charge in [0.25, 0.3) is 0 Å². The molecule has 2 heterocycles. The summed E-state index contributed by atoms with van der Waals surface area (Å²) in [7, 11) is 0. The monoisotopic (exact) mass is 354 g/mol. The number of para-hydroxylation sites is 2. The van der Waals surface area contributed by atoms with E-state index in [0.717, 1.165) is 16.6 Å². The van der Waals surface area contributed by atoms with Gasteiger partial charge in [-0.25, -0.2) is 0 Å². The SMILES string of the molecule is CC(C)n1c2ccccc2c(=O)c2cc3[nH]c4ccccc4c(=O)c3cc21. The number of benzene rings is 3. The maximum absolute atomic E-state index is 13.1. The molecule has 5 aromatic rings. The van der Waals surface area contributed by atoms with Gasteiger partial charge in [0.2, 0.25) is 0 Å². The maximum Gasteiger partial charge on any atom is 0.197 e. The molecule has 0 atom stereocenters. The second kappa shape index (κ2) is 5.55. The first-order chi connectivity index (χ1) is 13.1. The molecule has 1 N–H and O–H groups in total. The van der Waals surface area contributed by atoms with Crippen LogP contribution in [0.25, 0.3) is 43.6 Å². The average molecular weight is 354 g/mol. The second-order valence-electron chi connectivity index (χ2n) is 7.22. The molecule has 0 aliphatic carbocycles. The fourth-order valence-corrected chi connectivity index (χ4v) is 4.05. The molecule has 4 nitrogen and oxygen atoms in total. The Morgan fingerprint density at radius 3 is 2.15 bits per heavy atom. The Balaban J connectivity index is 2.09. The van der Waals surface area contributed by atoms with Crippen molar-refractivity contribution in [1.29, 1.82) is 0 Å². The number of nitrogens with one attached hydrogen (secondary N) is 1. The number of fused-ring (bicyclic) bond motifs is 4. The summed E-state index contributed by atoms with van der Waals surface area (Å²) >= 11 is 0. The molecule has 0 spiro atoms. The van der Waals surface area contributed by atoms with Gasteiger partial charge in [-0.1, -0.05) is 24.3 Å². The molecule has 0 saturated heterocycles. The van der Waals surface area contributed by atoms with Gasteiger partial charge in [-0.2, -0.15) is 0 Å². The first-order valence-electron chi connectivity index (χ1n) is 9.08. The zero-order valence-electron chi connectivity index (χ0n) is 15.1. The maximum atomic E-state index is 13.1. The molecule has 27 heavy (non-hydrogen) atoms. The molecule has 0 aliphatic rings. The zero-order chi connectivity index (χ0) is 18.7. The van der Waals surface area contributed by atoms with Crippen LogP contribution in [0.3, 0.4) is 0 Å². The van der Waals surface area contributed by atoms with Crippen LogP contribution in [-0.4, -0.2) is 9.55 Å². The van der Waals surface area contributed by atoms with Gasteiger partial charge in [-0.15, -0.1) is 0 Å². The highest BCUT2D eigenvalue weighted by Gasteiger charge is 2.15. The van der Waals surface area contributed by atoms with Crippen LogP contribution in [0.1, 0.15) is 19.9 Å². The largest absolute Gasteiger partial charge is 0.354 e. The highest BCUT2D eigenvalue weighted by Crippen LogP contribution is 2.26. The normalized spacial score (nSPS) is 12.0. The summed E-state index contributed by atoms with van der Waals surface area (Å²) in [5.74, 6) is 0. The number of hydrogen-bond acceptors (Lipinski definition) is 2. The van der Waals surface area contributed by atoms with Crippen LogP contribution in [0.5, 0.6) is 0 Å². The molecule has 3 aromatic carbocycles. The Morgan fingerprint density at radius 1 is 0.704 bits per heavy atom. The van der Waals surface area contributed by atoms with E-state index in [-0.39, 0.29) is 16.9 Å². The molecular weight excluding hydrogens is 336 g/mol. The lowest BCUT2D eigenvalue weighted by atomic mass is 10.0. The smallest absolute Gasteiger partial charge is 0.197 e. The molecule has 0 saturated carbocycles. The Hall–Kier alpha value is -3.40. The quantitative estimate of drug-likeness (QED) is 0.442. The van der Waals surface area contributed by atoms with Gasteiger partial charge < -0.3 is 9.55 Å². The number of nitrogens with zero attached hydrogens (tertiary/aromatic N) is 1. The summed E-state index contributed by atoms with van der Waals surface area (Å²) in [6, 6.07) is 19.0. The molecule has 5 rings (SSSR count). The Kier molecular flexibility index (Phi) is 3.25. The Labute approximate surface area is 154 Å². The minimum Gasteiger partial charge on any atom is -0.354 e. The van der Waals surface area contributed by atoms with Crippen molar-refractivity contribution in [2.24, 2.45) is 0 Å². The van der Waals surface area contributed by atoms with Crippen molar-refractivity contribution >= 4 is 43.6 Å². The summed E-state index contributed by atoms with van der Waals surface area (Å²) < 4.78 is 2.14. The second-order valence-corrected chi connectivity index (χ2v) is 7.22. The van der Waals surface area contributed by atoms with Crippen molar-refractivity contribution in [3.63, 3.8) is 0 Å². The van der Waals surface area contributed by atoms with Crippen LogP contribution in [0.15, 0.2) is 70.3 Å². The molecular formula is C23H18N2O2. The third-order valence-electron chi connectivity index (χ3n) is 5.25. The van der Waals surface area contributed by atoms with Crippen molar-refractivity contribution in [2.45, 2.75) is 19.9 Å². The van der Waals surface area contributed by atoms with Gasteiger partial charge in [0, 0.05) is 33.1 Å². The van der Waals surface area contributed by atoms with Crippen molar-refractivity contribution in [3.8, 4) is 0 Å². The van der Waals surface area contributed by atoms with E-state index in [9.17, 15) is 9.59 Å². The van der Waals surface area contributed by atoms with E-state index in [1.165, 1.54) is 0 Å². The van der Waals surface area contributed by atoms with Gasteiger partial charge in [0.15, 0.2) is 10.9 Å². The van der Waals surface area contributed by atoms with Crippen LogP contribution >= 0.6 is 0 Å². The highest BCUT2D eigenvalue weighted by molar-refractivity contribution is 6.03. The number of hydrogen-bond donors (Lipinski definition) is 1. The van der Waals surface area contributed by atoms with Gasteiger partial charge in [0.05, 0.1) is 16.6 Å². The van der Waals surface area contributed by atoms with E-state index in [4.69, 9.17) is 0 Å². The topological polar surface area (TPSA) is 54.9 Å². The standard InChI is InChI=1S/C23H18N2O2/c1-13(2)25-20-10-6-4-8-15(20)23(27)17-11-19-16(12-21(17)25)22(26)14-7-3-5-9-18(14)24-19/h3-13H,1-2H3,(H,24,26). The number of rotatable bonds is 1. The van der Waals surface area contributed by atoms with E-state index < -0.39 is 0 Å². The molecule has 0 amide bonds. The highest BCUT2D eigenvalue weighted by atomic mass is 16.1. The van der Waals surface area contributed by atoms with Crippen LogP contribution in [-0.2, 0) is 0 Å². The molecule has 2 aromatic heterocycles. The lowest BCUT2D eigenvalue weighted by Crippen LogP contribution is -2.14. The fourth-order valence-electron chi connectivity index (χ4n) is 4.05. The first-order valence-corrected chi connectivity index (χ1v) is 9.08. The van der Waals surface area contributed by atoms with E-state index in [1.807, 2.05) is 60.7 Å². The Morgan fingerprint density at radius 2 is 1.37 bits per heavy atom.